The summed E-state index contributed by atoms with van der Waals surface area (Å²) >= 11 is 4.46. The Balaban J connectivity index is 1.70. The van der Waals surface area contributed by atoms with Crippen molar-refractivity contribution in [2.75, 3.05) is 17.3 Å². The first-order valence-electron chi connectivity index (χ1n) is 8.04. The summed E-state index contributed by atoms with van der Waals surface area (Å²) in [5.41, 5.74) is 1.33. The number of carbonyl (C=O) groups excluding carboxylic acids is 2. The number of hydrogen-bond acceptors (Lipinski definition) is 7. The Morgan fingerprint density at radius 2 is 2.07 bits per heavy atom. The summed E-state index contributed by atoms with van der Waals surface area (Å²) in [6.07, 6.45) is 1.91. The second-order valence-electron chi connectivity index (χ2n) is 5.65. The van der Waals surface area contributed by atoms with Crippen molar-refractivity contribution in [3.05, 3.63) is 41.3 Å². The van der Waals surface area contributed by atoms with Crippen molar-refractivity contribution < 1.29 is 9.59 Å². The fraction of sp³-hybridized carbons (Fsp3) is 0.222. The number of nitrogens with zero attached hydrogens (tertiary/aromatic N) is 3. The van der Waals surface area contributed by atoms with Crippen molar-refractivity contribution in [2.24, 2.45) is 7.05 Å². The second-order valence-corrected chi connectivity index (χ2v) is 8.39. The van der Waals surface area contributed by atoms with Crippen LogP contribution in [0.2, 0.25) is 0 Å². The molecular weight excluding hydrogens is 400 g/mol. The number of anilines is 1. The minimum Gasteiger partial charge on any atom is -0.325 e. The highest BCUT2D eigenvalue weighted by Gasteiger charge is 2.15. The van der Waals surface area contributed by atoms with Gasteiger partial charge >= 0.3 is 0 Å². The molecule has 27 heavy (non-hydrogen) atoms. The molecule has 0 saturated carbocycles. The summed E-state index contributed by atoms with van der Waals surface area (Å²) in [4.78, 5) is 25.8. The molecule has 9 heteroatoms. The average molecular weight is 419 g/mol. The monoisotopic (exact) mass is 418 g/mol. The van der Waals surface area contributed by atoms with Gasteiger partial charge in [0, 0.05) is 24.4 Å². The van der Waals surface area contributed by atoms with Gasteiger partial charge in [0.05, 0.1) is 16.3 Å². The normalized spacial score (nSPS) is 10.8. The van der Waals surface area contributed by atoms with Crippen molar-refractivity contribution in [3.63, 3.8) is 0 Å². The first kappa shape index (κ1) is 19.7. The quantitative estimate of drug-likeness (QED) is 0.458. The van der Waals surface area contributed by atoms with Crippen LogP contribution in [0.1, 0.15) is 17.3 Å². The minimum atomic E-state index is -0.135. The summed E-state index contributed by atoms with van der Waals surface area (Å²) in [5, 5.41) is 13.9. The Morgan fingerprint density at radius 3 is 2.74 bits per heavy atom. The highest BCUT2D eigenvalue weighted by Crippen LogP contribution is 2.29. The number of thiophene rings is 1. The lowest BCUT2D eigenvalue weighted by molar-refractivity contribution is -0.114. The zero-order chi connectivity index (χ0) is 19.4. The Hall–Kier alpha value is -2.10. The Labute approximate surface area is 169 Å². The molecule has 0 saturated heterocycles. The van der Waals surface area contributed by atoms with Crippen LogP contribution in [0, 0.1) is 0 Å². The topological polar surface area (TPSA) is 76.9 Å². The number of thioether (sulfide) groups is 2. The van der Waals surface area contributed by atoms with E-state index in [1.54, 1.807) is 23.5 Å². The van der Waals surface area contributed by atoms with Crippen LogP contribution in [-0.2, 0) is 11.8 Å². The molecular formula is C18H18N4O2S3. The molecule has 0 bridgehead atoms. The lowest BCUT2D eigenvalue weighted by Gasteiger charge is -2.10. The van der Waals surface area contributed by atoms with E-state index in [-0.39, 0.29) is 17.4 Å². The van der Waals surface area contributed by atoms with Crippen LogP contribution in [0.3, 0.4) is 0 Å². The zero-order valence-electron chi connectivity index (χ0n) is 15.1. The third-order valence-corrected chi connectivity index (χ3v) is 6.41. The molecule has 1 amide bonds. The van der Waals surface area contributed by atoms with E-state index in [0.717, 1.165) is 15.6 Å². The molecule has 0 radical (unpaired) electrons. The summed E-state index contributed by atoms with van der Waals surface area (Å²) in [6.45, 7) is 1.46. The summed E-state index contributed by atoms with van der Waals surface area (Å²) in [5.74, 6) is 0.933. The fourth-order valence-corrected chi connectivity index (χ4v) is 4.57. The molecule has 0 aliphatic carbocycles. The number of nitrogens with one attached hydrogen (secondary N) is 1. The van der Waals surface area contributed by atoms with Gasteiger partial charge in [-0.25, -0.2) is 0 Å². The predicted molar refractivity (Wildman–Crippen MR) is 112 cm³/mol. The van der Waals surface area contributed by atoms with Crippen molar-refractivity contribution in [1.29, 1.82) is 0 Å². The molecule has 1 aromatic carbocycles. The molecule has 2 heterocycles. The number of amides is 1. The number of ketones is 1. The Bertz CT molecular complexity index is 967. The van der Waals surface area contributed by atoms with Crippen LogP contribution in [0.5, 0.6) is 0 Å². The smallest absolute Gasteiger partial charge is 0.221 e. The van der Waals surface area contributed by atoms with Crippen molar-refractivity contribution in [1.82, 2.24) is 14.8 Å². The molecule has 0 spiro atoms. The zero-order valence-corrected chi connectivity index (χ0v) is 17.5. The first-order chi connectivity index (χ1) is 13.0. The van der Waals surface area contributed by atoms with Crippen LogP contribution in [0.15, 0.2) is 45.8 Å². The van der Waals surface area contributed by atoms with Crippen LogP contribution in [0.4, 0.5) is 5.69 Å². The second kappa shape index (κ2) is 8.73. The summed E-state index contributed by atoms with van der Waals surface area (Å²) in [6, 6.07) is 9.28. The summed E-state index contributed by atoms with van der Waals surface area (Å²) in [7, 11) is 1.90. The molecule has 0 unspecified atom stereocenters. The maximum absolute atomic E-state index is 12.6. The van der Waals surface area contributed by atoms with Gasteiger partial charge in [-0.3, -0.25) is 9.59 Å². The number of Topliss-reactive ketones (excluding diaryl/α,β-unsaturated/α-hetero) is 1. The van der Waals surface area contributed by atoms with Gasteiger partial charge in [-0.05, 0) is 35.9 Å². The minimum absolute atomic E-state index is 0.00495. The van der Waals surface area contributed by atoms with E-state index in [4.69, 9.17) is 0 Å². The largest absolute Gasteiger partial charge is 0.325 e. The molecule has 0 atom stereocenters. The van der Waals surface area contributed by atoms with Gasteiger partial charge in [-0.1, -0.05) is 17.8 Å². The highest BCUT2D eigenvalue weighted by atomic mass is 32.2. The third kappa shape index (κ3) is 4.60. The number of rotatable bonds is 7. The van der Waals surface area contributed by atoms with E-state index in [1.165, 1.54) is 30.4 Å². The van der Waals surface area contributed by atoms with Gasteiger partial charge in [-0.15, -0.1) is 33.3 Å². The van der Waals surface area contributed by atoms with Crippen LogP contribution < -0.4 is 5.32 Å². The molecule has 6 nitrogen and oxygen atoms in total. The SMILES string of the molecule is CSc1cc(C(=O)CSc2nnc(-c3cccs3)n2C)ccc1NC(C)=O. The fourth-order valence-electron chi connectivity index (χ4n) is 2.43. The van der Waals surface area contributed by atoms with E-state index in [9.17, 15) is 9.59 Å². The number of hydrogen-bond donors (Lipinski definition) is 1. The van der Waals surface area contributed by atoms with Crippen LogP contribution >= 0.6 is 34.9 Å². The van der Waals surface area contributed by atoms with Gasteiger partial charge in [0.2, 0.25) is 5.91 Å². The number of carbonyl (C=O) groups is 2. The molecule has 2 aromatic heterocycles. The highest BCUT2D eigenvalue weighted by molar-refractivity contribution is 7.99. The molecule has 0 aliphatic rings. The van der Waals surface area contributed by atoms with Gasteiger partial charge in [-0.2, -0.15) is 0 Å². The predicted octanol–water partition coefficient (Wildman–Crippen LogP) is 4.20. The van der Waals surface area contributed by atoms with Crippen LogP contribution in [-0.4, -0.2) is 38.5 Å². The average Bonchev–Trinajstić information content (AvgIpc) is 3.29. The van der Waals surface area contributed by atoms with E-state index < -0.39 is 0 Å². The maximum atomic E-state index is 12.6. The molecule has 0 fully saturated rings. The van der Waals surface area contributed by atoms with E-state index in [0.29, 0.717) is 16.4 Å². The molecule has 3 rings (SSSR count). The van der Waals surface area contributed by atoms with Gasteiger partial charge in [0.1, 0.15) is 0 Å². The van der Waals surface area contributed by atoms with E-state index >= 15 is 0 Å². The Kier molecular flexibility index (Phi) is 6.35. The maximum Gasteiger partial charge on any atom is 0.221 e. The van der Waals surface area contributed by atoms with Crippen molar-refractivity contribution >= 4 is 52.2 Å². The number of aromatic nitrogens is 3. The van der Waals surface area contributed by atoms with Gasteiger partial charge in [0.15, 0.2) is 16.8 Å². The molecule has 1 N–H and O–H groups in total. The molecule has 140 valence electrons. The molecule has 0 aliphatic heterocycles. The third-order valence-electron chi connectivity index (χ3n) is 3.74. The standard InChI is InChI=1S/C18H18N4O2S3/c1-11(23)19-13-7-6-12(9-16(13)25-3)14(24)10-27-18-21-20-17(22(18)2)15-5-4-8-26-15/h4-9H,10H2,1-3H3,(H,19,23). The van der Waals surface area contributed by atoms with E-state index in [1.807, 2.05) is 41.4 Å². The first-order valence-corrected chi connectivity index (χ1v) is 11.1. The number of benzene rings is 1. The molecule has 3 aromatic rings. The van der Waals surface area contributed by atoms with Gasteiger partial charge < -0.3 is 9.88 Å². The van der Waals surface area contributed by atoms with E-state index in [2.05, 4.69) is 15.5 Å². The Morgan fingerprint density at radius 1 is 1.26 bits per heavy atom. The van der Waals surface area contributed by atoms with Crippen LogP contribution in [0.25, 0.3) is 10.7 Å². The van der Waals surface area contributed by atoms with Crippen molar-refractivity contribution in [2.45, 2.75) is 17.0 Å². The summed E-state index contributed by atoms with van der Waals surface area (Å²) < 4.78 is 1.90. The lowest BCUT2D eigenvalue weighted by Crippen LogP contribution is -2.08. The van der Waals surface area contributed by atoms with Crippen molar-refractivity contribution in [3.8, 4) is 10.7 Å². The lowest BCUT2D eigenvalue weighted by atomic mass is 10.1. The van der Waals surface area contributed by atoms with Gasteiger partial charge in [0.25, 0.3) is 0 Å².